The van der Waals surface area contributed by atoms with E-state index in [1.165, 1.54) is 0 Å². The number of para-hydroxylation sites is 2. The lowest BCUT2D eigenvalue weighted by molar-refractivity contribution is 1.22. The molecular formula is C20H11N3O2. The smallest absolute Gasteiger partial charge is 0.277 e. The van der Waals surface area contributed by atoms with Gasteiger partial charge in [0.05, 0.1) is 16.6 Å². The van der Waals surface area contributed by atoms with Crippen LogP contribution < -0.4 is 11.1 Å². The van der Waals surface area contributed by atoms with Crippen LogP contribution in [0.5, 0.6) is 0 Å². The van der Waals surface area contributed by atoms with Crippen LogP contribution in [0.2, 0.25) is 0 Å². The van der Waals surface area contributed by atoms with E-state index in [0.29, 0.717) is 11.0 Å². The average molecular weight is 325 g/mol. The van der Waals surface area contributed by atoms with E-state index in [9.17, 15) is 9.59 Å². The minimum Gasteiger partial charge on any atom is -0.309 e. The summed E-state index contributed by atoms with van der Waals surface area (Å²) in [6, 6.07) is 18.0. The Bertz CT molecular complexity index is 1580. The van der Waals surface area contributed by atoms with Gasteiger partial charge < -0.3 is 8.80 Å². The summed E-state index contributed by atoms with van der Waals surface area (Å²) in [7, 11) is 0. The zero-order chi connectivity index (χ0) is 16.7. The number of nitrogens with one attached hydrogen (secondary N) is 1. The van der Waals surface area contributed by atoms with E-state index in [1.54, 1.807) is 0 Å². The largest absolute Gasteiger partial charge is 0.309 e. The molecule has 0 aliphatic rings. The molecule has 25 heavy (non-hydrogen) atoms. The fraction of sp³-hybridized carbons (Fsp3) is 0. The highest BCUT2D eigenvalue weighted by atomic mass is 16.2. The minimum absolute atomic E-state index is 0.363. The molecule has 118 valence electrons. The first-order valence-electron chi connectivity index (χ1n) is 8.06. The van der Waals surface area contributed by atoms with Gasteiger partial charge in [-0.1, -0.05) is 36.4 Å². The third-order valence-corrected chi connectivity index (χ3v) is 5.04. The molecule has 6 aromatic rings. The predicted octanol–water partition coefficient (Wildman–Crippen LogP) is 3.14. The Labute approximate surface area is 139 Å². The number of hydrogen-bond acceptors (Lipinski definition) is 2. The van der Waals surface area contributed by atoms with Gasteiger partial charge in [-0.15, -0.1) is 0 Å². The van der Waals surface area contributed by atoms with E-state index in [-0.39, 0.29) is 11.1 Å². The first-order valence-corrected chi connectivity index (χ1v) is 8.06. The molecule has 5 nitrogen and oxygen atoms in total. The minimum atomic E-state index is -0.364. The van der Waals surface area contributed by atoms with Crippen molar-refractivity contribution in [2.24, 2.45) is 0 Å². The number of aromatic nitrogens is 3. The molecule has 0 fully saturated rings. The number of benzene rings is 2. The Hall–Kier alpha value is -3.60. The van der Waals surface area contributed by atoms with E-state index in [4.69, 9.17) is 0 Å². The fourth-order valence-electron chi connectivity index (χ4n) is 4.05. The molecule has 2 aromatic carbocycles. The Morgan fingerprint density at radius 3 is 2.44 bits per heavy atom. The standard InChI is InChI=1S/C20H11N3O2/c24-19-17-18(20(25)21-19)23-14-7-2-1-4-12(14)10-15(23)13-6-3-5-11-8-9-22(17)16(11)13/h1-10H,(H,21,24,25). The fourth-order valence-corrected chi connectivity index (χ4v) is 4.05. The molecule has 4 aromatic heterocycles. The van der Waals surface area contributed by atoms with Crippen LogP contribution in [0.25, 0.3) is 43.7 Å². The lowest BCUT2D eigenvalue weighted by Crippen LogP contribution is -2.07. The molecule has 0 unspecified atom stereocenters. The Morgan fingerprint density at radius 1 is 0.720 bits per heavy atom. The van der Waals surface area contributed by atoms with Gasteiger partial charge in [0.2, 0.25) is 0 Å². The van der Waals surface area contributed by atoms with E-state index in [2.05, 4.69) is 11.1 Å². The number of nitrogens with zero attached hydrogens (tertiary/aromatic N) is 2. The number of H-pyrrole nitrogens is 1. The highest BCUT2D eigenvalue weighted by Crippen LogP contribution is 2.31. The summed E-state index contributed by atoms with van der Waals surface area (Å²) in [6.45, 7) is 0. The maximum absolute atomic E-state index is 12.6. The second kappa shape index (κ2) is 4.08. The molecule has 0 amide bonds. The van der Waals surface area contributed by atoms with Crippen LogP contribution in [-0.2, 0) is 0 Å². The van der Waals surface area contributed by atoms with Crippen LogP contribution in [0, 0.1) is 0 Å². The lowest BCUT2D eigenvalue weighted by atomic mass is 10.1. The number of aromatic amines is 1. The number of hydrogen-bond donors (Lipinski definition) is 1. The molecule has 0 atom stereocenters. The first kappa shape index (κ1) is 12.8. The van der Waals surface area contributed by atoms with Gasteiger partial charge in [0.15, 0.2) is 0 Å². The van der Waals surface area contributed by atoms with E-state index >= 15 is 0 Å². The summed E-state index contributed by atoms with van der Waals surface area (Å²) in [4.78, 5) is 27.7. The van der Waals surface area contributed by atoms with Crippen molar-refractivity contribution in [1.29, 1.82) is 0 Å². The zero-order valence-electron chi connectivity index (χ0n) is 13.0. The van der Waals surface area contributed by atoms with Gasteiger partial charge in [0, 0.05) is 22.4 Å². The second-order valence-electron chi connectivity index (χ2n) is 6.33. The van der Waals surface area contributed by atoms with Crippen LogP contribution in [0.15, 0.2) is 70.4 Å². The topological polar surface area (TPSA) is 58.8 Å². The summed E-state index contributed by atoms with van der Waals surface area (Å²) in [5.41, 5.74) is 2.82. The van der Waals surface area contributed by atoms with E-state index in [0.717, 1.165) is 32.7 Å². The average Bonchev–Trinajstić information content (AvgIpc) is 3.25. The molecule has 1 N–H and O–H groups in total. The van der Waals surface area contributed by atoms with Crippen LogP contribution in [0.1, 0.15) is 0 Å². The molecule has 0 radical (unpaired) electrons. The zero-order valence-corrected chi connectivity index (χ0v) is 13.0. The lowest BCUT2D eigenvalue weighted by Gasteiger charge is -1.96. The van der Waals surface area contributed by atoms with Crippen molar-refractivity contribution in [3.05, 3.63) is 81.5 Å². The molecule has 0 aliphatic heterocycles. The predicted molar refractivity (Wildman–Crippen MR) is 98.9 cm³/mol. The Kier molecular flexibility index (Phi) is 2.08. The van der Waals surface area contributed by atoms with E-state index < -0.39 is 0 Å². The quantitative estimate of drug-likeness (QED) is 0.466. The number of rotatable bonds is 0. The van der Waals surface area contributed by atoms with Gasteiger partial charge in [-0.2, -0.15) is 0 Å². The molecule has 0 spiro atoms. The van der Waals surface area contributed by atoms with Crippen molar-refractivity contribution >= 4 is 43.7 Å². The maximum atomic E-state index is 12.6. The van der Waals surface area contributed by atoms with Crippen molar-refractivity contribution in [2.45, 2.75) is 0 Å². The van der Waals surface area contributed by atoms with Gasteiger partial charge in [0.25, 0.3) is 11.1 Å². The van der Waals surface area contributed by atoms with Crippen molar-refractivity contribution < 1.29 is 0 Å². The molecule has 5 heteroatoms. The molecular weight excluding hydrogens is 314 g/mol. The summed E-state index contributed by atoms with van der Waals surface area (Å²) < 4.78 is 3.74. The van der Waals surface area contributed by atoms with Crippen LogP contribution in [0.4, 0.5) is 0 Å². The second-order valence-corrected chi connectivity index (χ2v) is 6.33. The third-order valence-electron chi connectivity index (χ3n) is 5.04. The van der Waals surface area contributed by atoms with Gasteiger partial charge in [-0.3, -0.25) is 14.6 Å². The molecule has 0 saturated heterocycles. The van der Waals surface area contributed by atoms with Crippen molar-refractivity contribution in [3.63, 3.8) is 0 Å². The van der Waals surface area contributed by atoms with Gasteiger partial charge >= 0.3 is 0 Å². The maximum Gasteiger partial charge on any atom is 0.277 e. The summed E-state index contributed by atoms with van der Waals surface area (Å²) >= 11 is 0. The van der Waals surface area contributed by atoms with Crippen molar-refractivity contribution in [2.75, 3.05) is 0 Å². The highest BCUT2D eigenvalue weighted by Gasteiger charge is 2.18. The monoisotopic (exact) mass is 325 g/mol. The Morgan fingerprint density at radius 2 is 1.52 bits per heavy atom. The summed E-state index contributed by atoms with van der Waals surface area (Å²) in [5, 5.41) is 3.08. The normalized spacial score (nSPS) is 12.3. The van der Waals surface area contributed by atoms with Crippen molar-refractivity contribution in [3.8, 4) is 0 Å². The summed E-state index contributed by atoms with van der Waals surface area (Å²) in [5.74, 6) is 0. The molecule has 4 heterocycles. The Balaban J connectivity index is 2.21. The number of fused-ring (bicyclic) bond motifs is 7. The van der Waals surface area contributed by atoms with Crippen molar-refractivity contribution in [1.82, 2.24) is 13.8 Å². The molecule has 6 rings (SSSR count). The third kappa shape index (κ3) is 1.39. The van der Waals surface area contributed by atoms with Crippen LogP contribution >= 0.6 is 0 Å². The van der Waals surface area contributed by atoms with Crippen LogP contribution in [-0.4, -0.2) is 13.8 Å². The van der Waals surface area contributed by atoms with Gasteiger partial charge in [0.1, 0.15) is 11.0 Å². The molecule has 0 bridgehead atoms. The SMILES string of the molecule is O=c1[nH]c(=O)c2c1n1ccc3cccc(c31)c1cc3ccccc3n12. The van der Waals surface area contributed by atoms with Gasteiger partial charge in [-0.25, -0.2) is 0 Å². The summed E-state index contributed by atoms with van der Waals surface area (Å²) in [6.07, 6.45) is 1.86. The highest BCUT2D eigenvalue weighted by molar-refractivity contribution is 6.10. The van der Waals surface area contributed by atoms with Gasteiger partial charge in [-0.05, 0) is 18.2 Å². The first-order chi connectivity index (χ1) is 12.2. The van der Waals surface area contributed by atoms with Crippen LogP contribution in [0.3, 0.4) is 0 Å². The van der Waals surface area contributed by atoms with E-state index in [1.807, 2.05) is 63.5 Å². The molecule has 0 saturated carbocycles. The molecule has 0 aliphatic carbocycles.